The van der Waals surface area contributed by atoms with E-state index in [1.165, 1.54) is 0 Å². The van der Waals surface area contributed by atoms with Crippen LogP contribution in [0.25, 0.3) is 0 Å². The lowest BCUT2D eigenvalue weighted by molar-refractivity contribution is -0.147. The highest BCUT2D eigenvalue weighted by Crippen LogP contribution is 2.39. The van der Waals surface area contributed by atoms with Gasteiger partial charge < -0.3 is 25.4 Å². The Bertz CT molecular complexity index is 1220. The van der Waals surface area contributed by atoms with Crippen molar-refractivity contribution in [1.82, 2.24) is 10.2 Å². The normalized spacial score (nSPS) is 15.8. The predicted octanol–water partition coefficient (Wildman–Crippen LogP) is 6.66. The molecule has 0 aromatic heterocycles. The van der Waals surface area contributed by atoms with Gasteiger partial charge in [0, 0.05) is 11.6 Å². The van der Waals surface area contributed by atoms with E-state index in [-0.39, 0.29) is 17.7 Å². The number of carbonyl (C=O) groups is 3. The van der Waals surface area contributed by atoms with Gasteiger partial charge >= 0.3 is 6.09 Å². The second-order valence-electron chi connectivity index (χ2n) is 11.7. The van der Waals surface area contributed by atoms with Crippen LogP contribution in [-0.4, -0.2) is 45.6 Å². The van der Waals surface area contributed by atoms with E-state index in [1.54, 1.807) is 62.9 Å². The summed E-state index contributed by atoms with van der Waals surface area (Å²) in [6.07, 6.45) is 2.21. The molecule has 0 aliphatic heterocycles. The summed E-state index contributed by atoms with van der Waals surface area (Å²) in [5.74, 6) is -1.21. The van der Waals surface area contributed by atoms with Crippen LogP contribution in [-0.2, 0) is 14.3 Å². The van der Waals surface area contributed by atoms with Crippen LogP contribution in [0.5, 0.6) is 5.75 Å². The Balaban J connectivity index is 2.12. The molecule has 3 N–H and O–H groups in total. The Kier molecular flexibility index (Phi) is 10.1. The number of carbonyl (C=O) groups excluding carboxylic acids is 3. The molecule has 40 heavy (non-hydrogen) atoms. The highest BCUT2D eigenvalue weighted by atomic mass is 35.5. The number of alkyl carbamates (subject to hydrolysis) is 1. The van der Waals surface area contributed by atoms with Gasteiger partial charge in [-0.1, -0.05) is 62.2 Å². The maximum Gasteiger partial charge on any atom is 0.408 e. The Morgan fingerprint density at radius 3 is 2.27 bits per heavy atom. The number of aryl methyl sites for hydroxylation is 2. The van der Waals surface area contributed by atoms with E-state index in [0.29, 0.717) is 41.1 Å². The van der Waals surface area contributed by atoms with Gasteiger partial charge in [-0.15, -0.1) is 0 Å². The zero-order chi connectivity index (χ0) is 29.8. The van der Waals surface area contributed by atoms with Crippen LogP contribution >= 0.6 is 11.6 Å². The molecule has 1 saturated carbocycles. The van der Waals surface area contributed by atoms with E-state index in [0.717, 1.165) is 12.0 Å². The lowest BCUT2D eigenvalue weighted by Crippen LogP contribution is -2.58. The van der Waals surface area contributed by atoms with Crippen LogP contribution in [0.4, 0.5) is 10.5 Å². The number of nitrogens with one attached hydrogen (secondary N) is 2. The minimum atomic E-state index is -1.17. The first-order valence-electron chi connectivity index (χ1n) is 13.9. The van der Waals surface area contributed by atoms with Crippen molar-refractivity contribution in [2.45, 2.75) is 97.9 Å². The number of nitrogens with zero attached hydrogens (tertiary/aromatic N) is 1. The van der Waals surface area contributed by atoms with E-state index < -0.39 is 35.6 Å². The van der Waals surface area contributed by atoms with Gasteiger partial charge in [-0.2, -0.15) is 0 Å². The number of amides is 3. The summed E-state index contributed by atoms with van der Waals surface area (Å²) >= 11 is 6.44. The first-order valence-corrected chi connectivity index (χ1v) is 14.3. The summed E-state index contributed by atoms with van der Waals surface area (Å²) in [6.45, 7) is 12.7. The summed E-state index contributed by atoms with van der Waals surface area (Å²) in [5.41, 5.74) is 1.35. The van der Waals surface area contributed by atoms with Gasteiger partial charge in [0.25, 0.3) is 5.91 Å². The van der Waals surface area contributed by atoms with Gasteiger partial charge in [0.15, 0.2) is 0 Å². The SMILES string of the molecule is CCC(C)C(NC(=O)OC(C)(C)C)C(=O)N(C1CCC1)C(C(=O)Nc1c(C)cccc1Cl)c1cccc(C)c1O. The monoisotopic (exact) mass is 571 g/mol. The van der Waals surface area contributed by atoms with Crippen LogP contribution in [0.15, 0.2) is 36.4 Å². The number of ether oxygens (including phenoxy) is 1. The molecule has 1 aliphatic rings. The number of aromatic hydroxyl groups is 1. The number of hydrogen-bond acceptors (Lipinski definition) is 5. The van der Waals surface area contributed by atoms with Crippen molar-refractivity contribution in [3.05, 3.63) is 58.1 Å². The molecule has 1 aliphatic carbocycles. The number of phenols is 1. The predicted molar refractivity (Wildman–Crippen MR) is 158 cm³/mol. The standard InChI is InChI=1S/C31H42ClN3O5/c1-8-18(2)25(34-30(39)40-31(5,6)7)29(38)35(21-14-11-15-21)26(22-16-9-13-20(4)27(22)36)28(37)33-24-19(3)12-10-17-23(24)32/h9-10,12-13,16-18,21,25-26,36H,8,11,14-15H2,1-7H3,(H,33,37)(H,34,39). The molecule has 3 amide bonds. The first-order chi connectivity index (χ1) is 18.7. The molecule has 0 bridgehead atoms. The van der Waals surface area contributed by atoms with Crippen molar-refractivity contribution in [3.8, 4) is 5.75 Å². The van der Waals surface area contributed by atoms with Crippen molar-refractivity contribution < 1.29 is 24.2 Å². The third kappa shape index (κ3) is 7.27. The summed E-state index contributed by atoms with van der Waals surface area (Å²) < 4.78 is 5.47. The zero-order valence-corrected chi connectivity index (χ0v) is 25.3. The minimum Gasteiger partial charge on any atom is -0.507 e. The Labute approximate surface area is 242 Å². The number of benzene rings is 2. The highest BCUT2D eigenvalue weighted by molar-refractivity contribution is 6.34. The molecule has 0 heterocycles. The summed E-state index contributed by atoms with van der Waals surface area (Å²) in [7, 11) is 0. The fourth-order valence-corrected chi connectivity index (χ4v) is 5.03. The molecule has 9 heteroatoms. The first kappa shape index (κ1) is 31.3. The Morgan fingerprint density at radius 1 is 1.10 bits per heavy atom. The molecule has 218 valence electrons. The zero-order valence-electron chi connectivity index (χ0n) is 24.5. The fourth-order valence-electron chi connectivity index (χ4n) is 4.76. The van der Waals surface area contributed by atoms with Crippen LogP contribution in [0.1, 0.15) is 83.0 Å². The van der Waals surface area contributed by atoms with Gasteiger partial charge in [0.1, 0.15) is 23.4 Å². The van der Waals surface area contributed by atoms with E-state index in [9.17, 15) is 19.5 Å². The maximum absolute atomic E-state index is 14.4. The third-order valence-electron chi connectivity index (χ3n) is 7.43. The largest absolute Gasteiger partial charge is 0.507 e. The van der Waals surface area contributed by atoms with Crippen LogP contribution in [0.2, 0.25) is 5.02 Å². The summed E-state index contributed by atoms with van der Waals surface area (Å²) in [5, 5.41) is 17.2. The Morgan fingerprint density at radius 2 is 1.73 bits per heavy atom. The molecule has 3 unspecified atom stereocenters. The maximum atomic E-state index is 14.4. The van der Waals surface area contributed by atoms with Gasteiger partial charge in [-0.3, -0.25) is 9.59 Å². The van der Waals surface area contributed by atoms with Crippen molar-refractivity contribution >= 4 is 35.2 Å². The molecular weight excluding hydrogens is 530 g/mol. The molecule has 1 fully saturated rings. The molecule has 0 radical (unpaired) electrons. The van der Waals surface area contributed by atoms with Crippen molar-refractivity contribution in [3.63, 3.8) is 0 Å². The lowest BCUT2D eigenvalue weighted by Gasteiger charge is -2.44. The van der Waals surface area contributed by atoms with Gasteiger partial charge in [0.2, 0.25) is 5.91 Å². The van der Waals surface area contributed by atoms with Crippen molar-refractivity contribution in [2.75, 3.05) is 5.32 Å². The molecule has 2 aromatic carbocycles. The molecule has 8 nitrogen and oxygen atoms in total. The number of phenolic OH excluding ortho intramolecular Hbond substituents is 1. The van der Waals surface area contributed by atoms with Gasteiger partial charge in [0.05, 0.1) is 10.7 Å². The highest BCUT2D eigenvalue weighted by Gasteiger charge is 2.44. The number of halogens is 1. The van der Waals surface area contributed by atoms with Crippen LogP contribution < -0.4 is 10.6 Å². The van der Waals surface area contributed by atoms with Crippen molar-refractivity contribution in [2.24, 2.45) is 5.92 Å². The molecule has 0 saturated heterocycles. The smallest absolute Gasteiger partial charge is 0.408 e. The van der Waals surface area contributed by atoms with Crippen LogP contribution in [0, 0.1) is 19.8 Å². The topological polar surface area (TPSA) is 108 Å². The van der Waals surface area contributed by atoms with Gasteiger partial charge in [-0.05, 0) is 77.0 Å². The summed E-state index contributed by atoms with van der Waals surface area (Å²) in [6, 6.07) is 8.10. The number of anilines is 1. The number of rotatable bonds is 9. The van der Waals surface area contributed by atoms with Crippen molar-refractivity contribution in [1.29, 1.82) is 0 Å². The summed E-state index contributed by atoms with van der Waals surface area (Å²) in [4.78, 5) is 43.0. The van der Waals surface area contributed by atoms with Crippen LogP contribution in [0.3, 0.4) is 0 Å². The second kappa shape index (κ2) is 12.9. The number of hydrogen-bond donors (Lipinski definition) is 3. The second-order valence-corrected chi connectivity index (χ2v) is 12.1. The molecule has 0 spiro atoms. The fraction of sp³-hybridized carbons (Fsp3) is 0.516. The average molecular weight is 572 g/mol. The third-order valence-corrected chi connectivity index (χ3v) is 7.75. The lowest BCUT2D eigenvalue weighted by atomic mass is 9.86. The molecule has 2 aromatic rings. The van der Waals surface area contributed by atoms with E-state index in [1.807, 2.05) is 26.8 Å². The van der Waals surface area contributed by atoms with E-state index >= 15 is 0 Å². The van der Waals surface area contributed by atoms with Gasteiger partial charge in [-0.25, -0.2) is 4.79 Å². The quantitative estimate of drug-likeness (QED) is 0.312. The molecule has 3 atom stereocenters. The molecule has 3 rings (SSSR count). The molecular formula is C31H42ClN3O5. The van der Waals surface area contributed by atoms with E-state index in [2.05, 4.69) is 10.6 Å². The Hall–Kier alpha value is -3.26. The minimum absolute atomic E-state index is 0.0594. The average Bonchev–Trinajstić information content (AvgIpc) is 2.84. The van der Waals surface area contributed by atoms with E-state index in [4.69, 9.17) is 16.3 Å². The number of para-hydroxylation sites is 2.